The second kappa shape index (κ2) is 10.8. The zero-order valence-electron chi connectivity index (χ0n) is 17.8. The van der Waals surface area contributed by atoms with Crippen molar-refractivity contribution in [2.45, 2.75) is 44.6 Å². The Balaban J connectivity index is 1.53. The Kier molecular flexibility index (Phi) is 8.13. The van der Waals surface area contributed by atoms with Crippen molar-refractivity contribution in [3.63, 3.8) is 0 Å². The first kappa shape index (κ1) is 22.6. The molecule has 2 aliphatic heterocycles. The predicted molar refractivity (Wildman–Crippen MR) is 115 cm³/mol. The van der Waals surface area contributed by atoms with Gasteiger partial charge < -0.3 is 14.5 Å². The molecule has 0 N–H and O–H groups in total. The van der Waals surface area contributed by atoms with E-state index in [0.29, 0.717) is 35.5 Å². The fourth-order valence-electron chi connectivity index (χ4n) is 4.01. The summed E-state index contributed by atoms with van der Waals surface area (Å²) < 4.78 is 5.28. The van der Waals surface area contributed by atoms with Crippen LogP contribution < -0.4 is 0 Å². The Morgan fingerprint density at radius 3 is 2.33 bits per heavy atom. The molecule has 2 amide bonds. The minimum Gasteiger partial charge on any atom is -0.452 e. The molecule has 0 bridgehead atoms. The minimum absolute atomic E-state index is 0.0610. The van der Waals surface area contributed by atoms with Crippen LogP contribution in [-0.4, -0.2) is 71.1 Å². The van der Waals surface area contributed by atoms with Crippen LogP contribution >= 0.6 is 11.8 Å². The molecule has 0 aromatic carbocycles. The largest absolute Gasteiger partial charge is 0.452 e. The minimum atomic E-state index is -0.581. The maximum atomic E-state index is 12.6. The first-order chi connectivity index (χ1) is 14.4. The fourth-order valence-corrected chi connectivity index (χ4v) is 4.90. The Hall–Kier alpha value is -2.09. The van der Waals surface area contributed by atoms with E-state index in [-0.39, 0.29) is 24.2 Å². The molecule has 0 aliphatic carbocycles. The number of ether oxygens (including phenoxy) is 1. The number of hydrogen-bond acceptors (Lipinski definition) is 6. The lowest BCUT2D eigenvalue weighted by atomic mass is 10.0. The van der Waals surface area contributed by atoms with Gasteiger partial charge in [0.15, 0.2) is 6.61 Å². The molecule has 0 saturated carbocycles. The summed E-state index contributed by atoms with van der Waals surface area (Å²) in [6, 6.07) is 3.28. The lowest BCUT2D eigenvalue weighted by Gasteiger charge is -2.31. The van der Waals surface area contributed by atoms with Crippen molar-refractivity contribution >= 4 is 29.5 Å². The van der Waals surface area contributed by atoms with Crippen molar-refractivity contribution in [2.24, 2.45) is 11.8 Å². The monoisotopic (exact) mass is 433 g/mol. The third-order valence-electron chi connectivity index (χ3n) is 5.67. The van der Waals surface area contributed by atoms with Gasteiger partial charge in [-0.2, -0.15) is 0 Å². The third-order valence-corrected chi connectivity index (χ3v) is 6.66. The van der Waals surface area contributed by atoms with E-state index in [4.69, 9.17) is 4.74 Å². The summed E-state index contributed by atoms with van der Waals surface area (Å²) in [7, 11) is 0. The number of esters is 1. The summed E-state index contributed by atoms with van der Waals surface area (Å²) in [5.41, 5.74) is 0.294. The van der Waals surface area contributed by atoms with Gasteiger partial charge in [0, 0.05) is 32.4 Å². The number of piperidine rings is 2. The molecule has 2 unspecified atom stereocenters. The number of amides is 2. The maximum absolute atomic E-state index is 12.6. The summed E-state index contributed by atoms with van der Waals surface area (Å²) in [5.74, 6) is 0.541. The highest BCUT2D eigenvalue weighted by atomic mass is 32.2. The molecule has 7 nitrogen and oxygen atoms in total. The molecular formula is C22H31N3O4S. The number of nitrogens with zero attached hydrogens (tertiary/aromatic N) is 3. The molecule has 0 spiro atoms. The van der Waals surface area contributed by atoms with Crippen molar-refractivity contribution in [3.8, 4) is 0 Å². The van der Waals surface area contributed by atoms with E-state index in [1.165, 1.54) is 11.8 Å². The van der Waals surface area contributed by atoms with Crippen molar-refractivity contribution < 1.29 is 19.1 Å². The van der Waals surface area contributed by atoms with Crippen LogP contribution in [0.4, 0.5) is 0 Å². The Morgan fingerprint density at radius 2 is 1.70 bits per heavy atom. The molecule has 3 heterocycles. The Morgan fingerprint density at radius 1 is 1.07 bits per heavy atom. The molecule has 1 aromatic rings. The summed E-state index contributed by atoms with van der Waals surface area (Å²) in [6.07, 6.45) is 5.88. The van der Waals surface area contributed by atoms with Crippen LogP contribution in [0, 0.1) is 11.8 Å². The van der Waals surface area contributed by atoms with Crippen LogP contribution in [0.15, 0.2) is 23.4 Å². The quantitative estimate of drug-likeness (QED) is 0.507. The van der Waals surface area contributed by atoms with Gasteiger partial charge in [0.1, 0.15) is 5.03 Å². The van der Waals surface area contributed by atoms with Gasteiger partial charge in [0.2, 0.25) is 5.91 Å². The standard InChI is InChI=1S/C22H31N3O4S/c1-16-6-4-10-24(12-16)19(26)14-29-22(28)18-8-3-9-23-21(18)30-15-20(27)25-11-5-7-17(2)13-25/h3,8-9,16-17H,4-7,10-15H2,1-2H3. The number of likely N-dealkylation sites (tertiary alicyclic amines) is 2. The van der Waals surface area contributed by atoms with E-state index in [9.17, 15) is 14.4 Å². The highest BCUT2D eigenvalue weighted by Gasteiger charge is 2.24. The lowest BCUT2D eigenvalue weighted by molar-refractivity contribution is -0.136. The summed E-state index contributed by atoms with van der Waals surface area (Å²) >= 11 is 1.24. The SMILES string of the molecule is CC1CCCN(C(=O)COC(=O)c2cccnc2SCC(=O)N2CCCC(C)C2)C1. The number of pyridine rings is 1. The van der Waals surface area contributed by atoms with Crippen LogP contribution in [0.2, 0.25) is 0 Å². The average Bonchev–Trinajstić information content (AvgIpc) is 2.75. The summed E-state index contributed by atoms with van der Waals surface area (Å²) in [5, 5.41) is 0.458. The molecule has 30 heavy (non-hydrogen) atoms. The van der Waals surface area contributed by atoms with E-state index in [2.05, 4.69) is 18.8 Å². The average molecular weight is 434 g/mol. The van der Waals surface area contributed by atoms with Crippen molar-refractivity contribution in [2.75, 3.05) is 38.5 Å². The van der Waals surface area contributed by atoms with E-state index < -0.39 is 5.97 Å². The molecule has 2 saturated heterocycles. The fraction of sp³-hybridized carbons (Fsp3) is 0.636. The number of rotatable bonds is 6. The van der Waals surface area contributed by atoms with Gasteiger partial charge in [-0.1, -0.05) is 25.6 Å². The van der Waals surface area contributed by atoms with Crippen LogP contribution in [-0.2, 0) is 14.3 Å². The van der Waals surface area contributed by atoms with Gasteiger partial charge >= 0.3 is 5.97 Å². The van der Waals surface area contributed by atoms with E-state index in [1.807, 2.05) is 4.90 Å². The van der Waals surface area contributed by atoms with E-state index in [1.54, 1.807) is 23.2 Å². The van der Waals surface area contributed by atoms with Crippen LogP contribution in [0.1, 0.15) is 49.9 Å². The van der Waals surface area contributed by atoms with Gasteiger partial charge in [-0.15, -0.1) is 0 Å². The zero-order valence-corrected chi connectivity index (χ0v) is 18.7. The number of aromatic nitrogens is 1. The molecule has 3 rings (SSSR count). The van der Waals surface area contributed by atoms with Gasteiger partial charge in [-0.05, 0) is 49.7 Å². The Bertz CT molecular complexity index is 773. The maximum Gasteiger partial charge on any atom is 0.341 e. The number of carbonyl (C=O) groups is 3. The summed E-state index contributed by atoms with van der Waals surface area (Å²) in [4.78, 5) is 45.4. The molecule has 1 aromatic heterocycles. The van der Waals surface area contributed by atoms with Crippen LogP contribution in [0.5, 0.6) is 0 Å². The molecule has 2 aliphatic rings. The van der Waals surface area contributed by atoms with Gasteiger partial charge in [0.25, 0.3) is 5.91 Å². The van der Waals surface area contributed by atoms with Crippen molar-refractivity contribution in [3.05, 3.63) is 23.9 Å². The van der Waals surface area contributed by atoms with Crippen molar-refractivity contribution in [1.82, 2.24) is 14.8 Å². The number of thioether (sulfide) groups is 1. The van der Waals surface area contributed by atoms with Crippen molar-refractivity contribution in [1.29, 1.82) is 0 Å². The molecule has 2 atom stereocenters. The van der Waals surface area contributed by atoms with Crippen LogP contribution in [0.25, 0.3) is 0 Å². The van der Waals surface area contributed by atoms with Crippen LogP contribution in [0.3, 0.4) is 0 Å². The molecule has 164 valence electrons. The first-order valence-corrected chi connectivity index (χ1v) is 11.7. The molecule has 2 fully saturated rings. The molecule has 8 heteroatoms. The smallest absolute Gasteiger partial charge is 0.341 e. The zero-order chi connectivity index (χ0) is 21.5. The van der Waals surface area contributed by atoms with Gasteiger partial charge in [0.05, 0.1) is 11.3 Å². The topological polar surface area (TPSA) is 79.8 Å². The highest BCUT2D eigenvalue weighted by molar-refractivity contribution is 8.00. The number of carbonyl (C=O) groups excluding carboxylic acids is 3. The summed E-state index contributed by atoms with van der Waals surface area (Å²) in [6.45, 7) is 7.01. The third kappa shape index (κ3) is 6.20. The Labute approximate surface area is 182 Å². The van der Waals surface area contributed by atoms with E-state index >= 15 is 0 Å². The molecule has 0 radical (unpaired) electrons. The normalized spacial score (nSPS) is 21.9. The second-order valence-electron chi connectivity index (χ2n) is 8.40. The van der Waals surface area contributed by atoms with Gasteiger partial charge in [-0.3, -0.25) is 9.59 Å². The van der Waals surface area contributed by atoms with Gasteiger partial charge in [-0.25, -0.2) is 9.78 Å². The highest BCUT2D eigenvalue weighted by Crippen LogP contribution is 2.23. The van der Waals surface area contributed by atoms with E-state index in [0.717, 1.165) is 38.8 Å². The first-order valence-electron chi connectivity index (χ1n) is 10.7. The second-order valence-corrected chi connectivity index (χ2v) is 9.36. The molecular weight excluding hydrogens is 402 g/mol. The number of hydrogen-bond donors (Lipinski definition) is 0. The lowest BCUT2D eigenvalue weighted by Crippen LogP contribution is -2.41. The predicted octanol–water partition coefficient (Wildman–Crippen LogP) is 2.85.